The monoisotopic (exact) mass is 589 g/mol. The van der Waals surface area contributed by atoms with Crippen LogP contribution in [0.1, 0.15) is 21.5 Å². The number of esters is 1. The number of halogens is 2. The molecule has 3 aromatic rings. The lowest BCUT2D eigenvalue weighted by Crippen LogP contribution is -2.24. The van der Waals surface area contributed by atoms with Crippen LogP contribution in [-0.4, -0.2) is 29.6 Å². The molecule has 0 bridgehead atoms. The number of amides is 1. The van der Waals surface area contributed by atoms with E-state index in [4.69, 9.17) is 9.47 Å². The number of aryl methyl sites for hydroxylation is 1. The molecule has 0 aliphatic heterocycles. The van der Waals surface area contributed by atoms with Gasteiger partial charge in [-0.1, -0.05) is 45.8 Å². The summed E-state index contributed by atoms with van der Waals surface area (Å²) in [6.07, 6.45) is 1.30. The molecule has 0 aliphatic rings. The van der Waals surface area contributed by atoms with Gasteiger partial charge in [-0.05, 0) is 53.2 Å². The summed E-state index contributed by atoms with van der Waals surface area (Å²) in [7, 11) is 0. The fourth-order valence-electron chi connectivity index (χ4n) is 2.79. The van der Waals surface area contributed by atoms with E-state index < -0.39 is 23.4 Å². The van der Waals surface area contributed by atoms with Gasteiger partial charge in [0.2, 0.25) is 0 Å². The molecular formula is C23H17Br2N3O6. The molecule has 11 heteroatoms. The first-order chi connectivity index (χ1) is 16.2. The van der Waals surface area contributed by atoms with Crippen LogP contribution in [0.4, 0.5) is 5.69 Å². The highest BCUT2D eigenvalue weighted by molar-refractivity contribution is 9.11. The summed E-state index contributed by atoms with van der Waals surface area (Å²) in [6, 6.07) is 16.1. The highest BCUT2D eigenvalue weighted by Gasteiger charge is 2.16. The van der Waals surface area contributed by atoms with Gasteiger partial charge in [0.15, 0.2) is 18.1 Å². The third-order valence-electron chi connectivity index (χ3n) is 4.30. The lowest BCUT2D eigenvalue weighted by molar-refractivity contribution is -0.385. The van der Waals surface area contributed by atoms with E-state index in [0.29, 0.717) is 20.1 Å². The summed E-state index contributed by atoms with van der Waals surface area (Å²) in [6.45, 7) is 1.38. The van der Waals surface area contributed by atoms with E-state index in [-0.39, 0.29) is 17.2 Å². The van der Waals surface area contributed by atoms with Crippen molar-refractivity contribution in [2.75, 3.05) is 6.61 Å². The van der Waals surface area contributed by atoms with Crippen LogP contribution >= 0.6 is 31.9 Å². The van der Waals surface area contributed by atoms with Gasteiger partial charge in [-0.25, -0.2) is 10.2 Å². The Balaban J connectivity index is 1.69. The standard InChI is InChI=1S/C23H17Br2N3O6/c1-14-5-4-6-15(9-14)23(30)34-22-16(10-17(24)11-18(22)25)12-26-27-21(29)13-33-20-8-3-2-7-19(20)28(31)32/h2-12H,13H2,1H3,(H,27,29)/b26-12+. The summed E-state index contributed by atoms with van der Waals surface area (Å²) in [4.78, 5) is 35.1. The molecule has 9 nitrogen and oxygen atoms in total. The minimum Gasteiger partial charge on any atom is -0.477 e. The molecule has 1 N–H and O–H groups in total. The zero-order valence-electron chi connectivity index (χ0n) is 17.7. The van der Waals surface area contributed by atoms with E-state index in [1.165, 1.54) is 24.4 Å². The van der Waals surface area contributed by atoms with Gasteiger partial charge in [0.1, 0.15) is 0 Å². The number of nitro groups is 1. The summed E-state index contributed by atoms with van der Waals surface area (Å²) in [5.74, 6) is -1.01. The van der Waals surface area contributed by atoms with E-state index in [1.54, 1.807) is 36.4 Å². The molecule has 34 heavy (non-hydrogen) atoms. The van der Waals surface area contributed by atoms with E-state index in [2.05, 4.69) is 42.4 Å². The highest BCUT2D eigenvalue weighted by atomic mass is 79.9. The van der Waals surface area contributed by atoms with Crippen LogP contribution in [0.15, 0.2) is 74.7 Å². The highest BCUT2D eigenvalue weighted by Crippen LogP contribution is 2.33. The van der Waals surface area contributed by atoms with Crippen molar-refractivity contribution in [1.82, 2.24) is 5.43 Å². The van der Waals surface area contributed by atoms with Crippen molar-refractivity contribution in [3.05, 3.63) is 96.4 Å². The van der Waals surface area contributed by atoms with Gasteiger partial charge in [0.05, 0.1) is 21.2 Å². The predicted octanol–water partition coefficient (Wildman–Crippen LogP) is 5.18. The first kappa shape index (κ1) is 25.1. The minimum absolute atomic E-state index is 0.0344. The predicted molar refractivity (Wildman–Crippen MR) is 132 cm³/mol. The molecule has 0 atom stereocenters. The van der Waals surface area contributed by atoms with Gasteiger partial charge in [-0.3, -0.25) is 14.9 Å². The van der Waals surface area contributed by atoms with Crippen LogP contribution < -0.4 is 14.9 Å². The Morgan fingerprint density at radius 1 is 1.12 bits per heavy atom. The summed E-state index contributed by atoms with van der Waals surface area (Å²) < 4.78 is 12.0. The number of nitrogens with zero attached hydrogens (tertiary/aromatic N) is 2. The summed E-state index contributed by atoms with van der Waals surface area (Å²) in [5, 5.41) is 14.9. The molecule has 1 amide bonds. The van der Waals surface area contributed by atoms with E-state index in [1.807, 2.05) is 13.0 Å². The number of para-hydroxylation sites is 2. The van der Waals surface area contributed by atoms with Gasteiger partial charge in [-0.2, -0.15) is 5.10 Å². The summed E-state index contributed by atoms with van der Waals surface area (Å²) >= 11 is 6.74. The lowest BCUT2D eigenvalue weighted by atomic mass is 10.1. The zero-order chi connectivity index (χ0) is 24.7. The molecule has 0 aliphatic carbocycles. The fraction of sp³-hybridized carbons (Fsp3) is 0.0870. The van der Waals surface area contributed by atoms with E-state index >= 15 is 0 Å². The second-order valence-corrected chi connectivity index (χ2v) is 8.64. The molecule has 0 saturated heterocycles. The maximum Gasteiger partial charge on any atom is 0.343 e. The van der Waals surface area contributed by atoms with Crippen molar-refractivity contribution in [2.24, 2.45) is 5.10 Å². The second-order valence-electron chi connectivity index (χ2n) is 6.87. The Hall–Kier alpha value is -3.57. The van der Waals surface area contributed by atoms with Gasteiger partial charge < -0.3 is 9.47 Å². The molecular weight excluding hydrogens is 574 g/mol. The van der Waals surface area contributed by atoms with E-state index in [0.717, 1.165) is 5.56 Å². The van der Waals surface area contributed by atoms with Crippen molar-refractivity contribution < 1.29 is 24.0 Å². The fourth-order valence-corrected chi connectivity index (χ4v) is 4.13. The van der Waals surface area contributed by atoms with Crippen LogP contribution in [0.3, 0.4) is 0 Å². The van der Waals surface area contributed by atoms with Gasteiger partial charge in [-0.15, -0.1) is 0 Å². The van der Waals surface area contributed by atoms with Gasteiger partial charge in [0.25, 0.3) is 5.91 Å². The van der Waals surface area contributed by atoms with Crippen molar-refractivity contribution in [2.45, 2.75) is 6.92 Å². The molecule has 0 radical (unpaired) electrons. The molecule has 0 fully saturated rings. The molecule has 0 saturated carbocycles. The van der Waals surface area contributed by atoms with Gasteiger partial charge >= 0.3 is 11.7 Å². The number of ether oxygens (including phenoxy) is 2. The molecule has 0 heterocycles. The van der Waals surface area contributed by atoms with Crippen LogP contribution in [0, 0.1) is 17.0 Å². The number of carbonyl (C=O) groups excluding carboxylic acids is 2. The van der Waals surface area contributed by atoms with Crippen LogP contribution in [0.5, 0.6) is 11.5 Å². The van der Waals surface area contributed by atoms with Crippen molar-refractivity contribution in [1.29, 1.82) is 0 Å². The molecule has 0 unspecified atom stereocenters. The number of nitrogens with one attached hydrogen (secondary N) is 1. The summed E-state index contributed by atoms with van der Waals surface area (Å²) in [5.41, 5.74) is 3.73. The second kappa shape index (κ2) is 11.5. The van der Waals surface area contributed by atoms with Crippen molar-refractivity contribution >= 4 is 55.6 Å². The quantitative estimate of drug-likeness (QED) is 0.127. The van der Waals surface area contributed by atoms with Crippen LogP contribution in [-0.2, 0) is 4.79 Å². The smallest absolute Gasteiger partial charge is 0.343 e. The van der Waals surface area contributed by atoms with Crippen molar-refractivity contribution in [3.8, 4) is 11.5 Å². The number of hydrogen-bond donors (Lipinski definition) is 1. The molecule has 0 aromatic heterocycles. The first-order valence-corrected chi connectivity index (χ1v) is 11.3. The Morgan fingerprint density at radius 2 is 1.88 bits per heavy atom. The number of hydrogen-bond acceptors (Lipinski definition) is 7. The zero-order valence-corrected chi connectivity index (χ0v) is 20.8. The number of rotatable bonds is 8. The number of carbonyl (C=O) groups is 2. The third kappa shape index (κ3) is 6.72. The van der Waals surface area contributed by atoms with Gasteiger partial charge in [0, 0.05) is 16.1 Å². The maximum absolute atomic E-state index is 12.6. The van der Waals surface area contributed by atoms with Crippen LogP contribution in [0.2, 0.25) is 0 Å². The maximum atomic E-state index is 12.6. The Bertz CT molecular complexity index is 1280. The molecule has 174 valence electrons. The number of hydrazone groups is 1. The Labute approximate surface area is 211 Å². The van der Waals surface area contributed by atoms with Crippen molar-refractivity contribution in [3.63, 3.8) is 0 Å². The molecule has 3 rings (SSSR count). The minimum atomic E-state index is -0.637. The average molecular weight is 591 g/mol. The first-order valence-electron chi connectivity index (χ1n) is 9.70. The topological polar surface area (TPSA) is 120 Å². The Morgan fingerprint density at radius 3 is 2.62 bits per heavy atom. The average Bonchev–Trinajstić information content (AvgIpc) is 2.79. The number of nitro benzene ring substituents is 1. The molecule has 3 aromatic carbocycles. The normalized spacial score (nSPS) is 10.7. The largest absolute Gasteiger partial charge is 0.477 e. The van der Waals surface area contributed by atoms with Crippen LogP contribution in [0.25, 0.3) is 0 Å². The van der Waals surface area contributed by atoms with E-state index in [9.17, 15) is 19.7 Å². The third-order valence-corrected chi connectivity index (χ3v) is 5.35. The Kier molecular flexibility index (Phi) is 8.50. The SMILES string of the molecule is Cc1cccc(C(=O)Oc2c(Br)cc(Br)cc2/C=N/NC(=O)COc2ccccc2[N+](=O)[O-])c1. The number of benzene rings is 3. The molecule has 0 spiro atoms. The lowest BCUT2D eigenvalue weighted by Gasteiger charge is -2.11.